The van der Waals surface area contributed by atoms with Crippen molar-refractivity contribution in [2.75, 3.05) is 7.11 Å². The zero-order chi connectivity index (χ0) is 18.7. The lowest BCUT2D eigenvalue weighted by Gasteiger charge is -2.11. The zero-order valence-corrected chi connectivity index (χ0v) is 14.9. The van der Waals surface area contributed by atoms with Crippen LogP contribution in [0, 0.1) is 0 Å². The van der Waals surface area contributed by atoms with E-state index in [0.717, 1.165) is 11.8 Å². The molecule has 0 saturated heterocycles. The van der Waals surface area contributed by atoms with E-state index in [-0.39, 0.29) is 28.4 Å². The molecule has 0 fully saturated rings. The van der Waals surface area contributed by atoms with Gasteiger partial charge in [-0.2, -0.15) is 9.97 Å². The van der Waals surface area contributed by atoms with Gasteiger partial charge in [-0.1, -0.05) is 6.58 Å². The van der Waals surface area contributed by atoms with Crippen molar-refractivity contribution in [1.29, 1.82) is 0 Å². The van der Waals surface area contributed by atoms with Crippen molar-refractivity contribution in [2.45, 2.75) is 17.1 Å². The van der Waals surface area contributed by atoms with E-state index in [2.05, 4.69) is 26.5 Å². The summed E-state index contributed by atoms with van der Waals surface area (Å²) in [5, 5.41) is 10.3. The van der Waals surface area contributed by atoms with Crippen molar-refractivity contribution >= 4 is 23.6 Å². The number of Topliss-reactive ketones (excluding diaryl/α,β-unsaturated/α-hetero) is 1. The van der Waals surface area contributed by atoms with E-state index in [0.29, 0.717) is 16.5 Å². The molecule has 1 N–H and O–H groups in total. The molecule has 8 nitrogen and oxygen atoms in total. The molecule has 3 rings (SSSR count). The van der Waals surface area contributed by atoms with Crippen molar-refractivity contribution in [2.24, 2.45) is 0 Å². The minimum absolute atomic E-state index is 0.111. The first kappa shape index (κ1) is 17.6. The Balaban J connectivity index is 2.05. The van der Waals surface area contributed by atoms with Gasteiger partial charge in [-0.3, -0.25) is 4.79 Å². The molecule has 0 saturated carbocycles. The average molecular weight is 369 g/mol. The smallest absolute Gasteiger partial charge is 0.249 e. The van der Waals surface area contributed by atoms with Gasteiger partial charge in [-0.15, -0.1) is 0 Å². The summed E-state index contributed by atoms with van der Waals surface area (Å²) in [4.78, 5) is 28.5. The van der Waals surface area contributed by atoms with Crippen molar-refractivity contribution in [3.8, 4) is 17.6 Å². The monoisotopic (exact) mass is 369 g/mol. The number of ether oxygens (including phenoxy) is 1. The molecule has 3 aromatic heterocycles. The highest BCUT2D eigenvalue weighted by Crippen LogP contribution is 2.32. The summed E-state index contributed by atoms with van der Waals surface area (Å²) in [5.41, 5.74) is 0.649. The Bertz CT molecular complexity index is 973. The highest BCUT2D eigenvalue weighted by atomic mass is 32.2. The normalized spacial score (nSPS) is 10.5. The lowest BCUT2D eigenvalue weighted by molar-refractivity contribution is 0.101. The maximum absolute atomic E-state index is 11.5. The van der Waals surface area contributed by atoms with Gasteiger partial charge < -0.3 is 14.4 Å². The molecule has 0 amide bonds. The summed E-state index contributed by atoms with van der Waals surface area (Å²) in [6.07, 6.45) is 5.25. The minimum atomic E-state index is -0.299. The predicted octanol–water partition coefficient (Wildman–Crippen LogP) is 2.77. The van der Waals surface area contributed by atoms with Crippen LogP contribution < -0.4 is 4.74 Å². The summed E-state index contributed by atoms with van der Waals surface area (Å²) in [6, 6.07) is 4.95. The molecule has 0 spiro atoms. The van der Waals surface area contributed by atoms with Gasteiger partial charge >= 0.3 is 0 Å². The van der Waals surface area contributed by atoms with Gasteiger partial charge in [-0.05, 0) is 30.0 Å². The number of rotatable bonds is 6. The number of hydrogen-bond donors (Lipinski definition) is 1. The Labute approximate surface area is 153 Å². The first-order chi connectivity index (χ1) is 12.5. The Morgan fingerprint density at radius 2 is 2.00 bits per heavy atom. The summed E-state index contributed by atoms with van der Waals surface area (Å²) >= 11 is 1.03. The Hall–Kier alpha value is -3.20. The molecule has 3 aromatic rings. The van der Waals surface area contributed by atoms with E-state index in [1.54, 1.807) is 10.6 Å². The maximum Gasteiger partial charge on any atom is 0.249 e. The van der Waals surface area contributed by atoms with Crippen LogP contribution >= 0.6 is 11.8 Å². The Kier molecular flexibility index (Phi) is 4.99. The number of nitrogens with zero attached hydrogens (tertiary/aromatic N) is 5. The van der Waals surface area contributed by atoms with Gasteiger partial charge in [0, 0.05) is 25.4 Å². The second-order valence-corrected chi connectivity index (χ2v) is 6.05. The van der Waals surface area contributed by atoms with E-state index in [1.165, 1.54) is 20.1 Å². The zero-order valence-electron chi connectivity index (χ0n) is 14.1. The molecule has 0 aliphatic rings. The molecule has 132 valence electrons. The Morgan fingerprint density at radius 1 is 1.27 bits per heavy atom. The minimum Gasteiger partial charge on any atom is -0.493 e. The van der Waals surface area contributed by atoms with Crippen LogP contribution in [-0.2, 0) is 0 Å². The third-order valence-electron chi connectivity index (χ3n) is 3.32. The summed E-state index contributed by atoms with van der Waals surface area (Å²) < 4.78 is 7.13. The first-order valence-electron chi connectivity index (χ1n) is 7.50. The van der Waals surface area contributed by atoms with E-state index in [1.807, 2.05) is 24.5 Å². The molecule has 26 heavy (non-hydrogen) atoms. The molecular weight excluding hydrogens is 354 g/mol. The van der Waals surface area contributed by atoms with E-state index in [9.17, 15) is 9.90 Å². The number of ketones is 1. The fraction of sp³-hybridized carbons (Fsp3) is 0.118. The second-order valence-electron chi connectivity index (χ2n) is 5.09. The lowest BCUT2D eigenvalue weighted by atomic mass is 10.3. The molecule has 0 bridgehead atoms. The molecular formula is C17H15N5O3S. The Morgan fingerprint density at radius 3 is 2.62 bits per heavy atom. The van der Waals surface area contributed by atoms with Gasteiger partial charge in [0.15, 0.2) is 21.8 Å². The second kappa shape index (κ2) is 7.36. The van der Waals surface area contributed by atoms with Gasteiger partial charge in [0.1, 0.15) is 11.4 Å². The summed E-state index contributed by atoms with van der Waals surface area (Å²) in [5.74, 6) is 0.248. The van der Waals surface area contributed by atoms with Crippen LogP contribution in [0.4, 0.5) is 0 Å². The highest BCUT2D eigenvalue weighted by molar-refractivity contribution is 7.99. The van der Waals surface area contributed by atoms with Gasteiger partial charge in [0.25, 0.3) is 0 Å². The molecule has 0 atom stereocenters. The van der Waals surface area contributed by atoms with Crippen LogP contribution in [0.1, 0.15) is 23.1 Å². The molecule has 0 aromatic carbocycles. The van der Waals surface area contributed by atoms with Gasteiger partial charge in [-0.25, -0.2) is 9.97 Å². The summed E-state index contributed by atoms with van der Waals surface area (Å²) in [6.45, 7) is 5.13. The SMILES string of the molecule is C=Cc1nc(Sc2nc(O)cc(C(C)=O)n2)c(OC)nc1-n1cccc1. The third kappa shape index (κ3) is 3.57. The first-order valence-corrected chi connectivity index (χ1v) is 8.32. The number of hydrogen-bond acceptors (Lipinski definition) is 8. The quantitative estimate of drug-likeness (QED) is 0.523. The van der Waals surface area contributed by atoms with Crippen molar-refractivity contribution < 1.29 is 14.6 Å². The van der Waals surface area contributed by atoms with E-state index < -0.39 is 0 Å². The van der Waals surface area contributed by atoms with Crippen LogP contribution in [0.25, 0.3) is 11.9 Å². The molecule has 0 unspecified atom stereocenters. The number of methoxy groups -OCH3 is 1. The molecule has 0 radical (unpaired) electrons. The maximum atomic E-state index is 11.5. The molecule has 9 heteroatoms. The van der Waals surface area contributed by atoms with Crippen LogP contribution in [0.2, 0.25) is 0 Å². The largest absolute Gasteiger partial charge is 0.493 e. The highest BCUT2D eigenvalue weighted by Gasteiger charge is 2.17. The van der Waals surface area contributed by atoms with Gasteiger partial charge in [0.2, 0.25) is 11.8 Å². The fourth-order valence-electron chi connectivity index (χ4n) is 2.14. The number of carbonyl (C=O) groups excluding carboxylic acids is 1. The third-order valence-corrected chi connectivity index (χ3v) is 4.14. The van der Waals surface area contributed by atoms with E-state index in [4.69, 9.17) is 4.74 Å². The molecule has 0 aliphatic heterocycles. The summed E-state index contributed by atoms with van der Waals surface area (Å²) in [7, 11) is 1.48. The number of aromatic nitrogens is 5. The van der Waals surface area contributed by atoms with Crippen molar-refractivity contribution in [1.82, 2.24) is 24.5 Å². The number of carbonyl (C=O) groups is 1. The topological polar surface area (TPSA) is 103 Å². The molecule has 0 aliphatic carbocycles. The predicted molar refractivity (Wildman–Crippen MR) is 95.8 cm³/mol. The fourth-order valence-corrected chi connectivity index (χ4v) is 2.95. The van der Waals surface area contributed by atoms with Crippen molar-refractivity contribution in [3.63, 3.8) is 0 Å². The van der Waals surface area contributed by atoms with Crippen LogP contribution in [0.5, 0.6) is 11.8 Å². The van der Waals surface area contributed by atoms with Crippen LogP contribution in [0.15, 0.2) is 47.4 Å². The van der Waals surface area contributed by atoms with Crippen LogP contribution in [0.3, 0.4) is 0 Å². The standard InChI is InChI=1S/C17H15N5O3S/c1-4-11-14(22-7-5-6-8-22)21-15(25-3)16(18-11)26-17-19-12(10(2)23)9-13(24)20-17/h4-9H,1H2,2-3H3,(H,19,20,24). The van der Waals surface area contributed by atoms with Crippen molar-refractivity contribution in [3.05, 3.63) is 48.6 Å². The average Bonchev–Trinajstić information content (AvgIpc) is 3.15. The number of aromatic hydroxyl groups is 1. The molecule has 3 heterocycles. The van der Waals surface area contributed by atoms with E-state index >= 15 is 0 Å². The van der Waals surface area contributed by atoms with Gasteiger partial charge in [0.05, 0.1) is 7.11 Å². The van der Waals surface area contributed by atoms with Crippen LogP contribution in [-0.4, -0.2) is 42.5 Å². The lowest BCUT2D eigenvalue weighted by Crippen LogP contribution is -2.05.